The minimum Gasteiger partial charge on any atom is -0.380 e. The van der Waals surface area contributed by atoms with Gasteiger partial charge in [0.1, 0.15) is 0 Å². The summed E-state index contributed by atoms with van der Waals surface area (Å²) in [5, 5.41) is 0. The van der Waals surface area contributed by atoms with E-state index in [0.29, 0.717) is 13.2 Å². The molecule has 0 aromatic rings. The van der Waals surface area contributed by atoms with E-state index in [1.54, 1.807) is 0 Å². The Kier molecular flexibility index (Phi) is 14.1. The lowest BCUT2D eigenvalue weighted by molar-refractivity contribution is 0.135. The first kappa shape index (κ1) is 17.0. The summed E-state index contributed by atoms with van der Waals surface area (Å²) in [4.78, 5) is 0. The molecule has 1 unspecified atom stereocenters. The molecule has 0 spiro atoms. The Morgan fingerprint density at radius 2 is 1.59 bits per heavy atom. The Morgan fingerprint density at radius 3 is 2.18 bits per heavy atom. The monoisotopic (exact) mass is 265 g/mol. The van der Waals surface area contributed by atoms with Crippen LogP contribution < -0.4 is 4.72 Å². The average Bonchev–Trinajstić information content (AvgIpc) is 2.30. The van der Waals surface area contributed by atoms with Crippen molar-refractivity contribution in [2.75, 3.05) is 19.8 Å². The molecule has 1 atom stereocenters. The van der Waals surface area contributed by atoms with Crippen LogP contribution in [0.4, 0.5) is 0 Å². The van der Waals surface area contributed by atoms with Gasteiger partial charge in [0.25, 0.3) is 0 Å². The molecular weight excluding hydrogens is 238 g/mol. The molecule has 0 aromatic heterocycles. The van der Waals surface area contributed by atoms with Crippen LogP contribution in [0, 0.1) is 0 Å². The first-order valence-electron chi connectivity index (χ1n) is 6.69. The minimum absolute atomic E-state index is 0.431. The quantitative estimate of drug-likeness (QED) is 0.398. The van der Waals surface area contributed by atoms with Gasteiger partial charge in [0.15, 0.2) is 0 Å². The van der Waals surface area contributed by atoms with Gasteiger partial charge in [-0.05, 0) is 6.42 Å². The maximum atomic E-state index is 10.2. The van der Waals surface area contributed by atoms with Crippen LogP contribution in [-0.2, 0) is 16.0 Å². The average molecular weight is 265 g/mol. The number of ether oxygens (including phenoxy) is 1. The molecule has 17 heavy (non-hydrogen) atoms. The molecule has 0 heterocycles. The van der Waals surface area contributed by atoms with E-state index in [9.17, 15) is 4.21 Å². The number of nitrogens with one attached hydrogen (secondary N) is 1. The van der Waals surface area contributed by atoms with Gasteiger partial charge in [-0.3, -0.25) is 4.55 Å². The van der Waals surface area contributed by atoms with Gasteiger partial charge >= 0.3 is 0 Å². The molecular formula is C12H27NO3S. The Labute approximate surface area is 108 Å². The molecule has 0 aliphatic carbocycles. The van der Waals surface area contributed by atoms with Gasteiger partial charge in [-0.2, -0.15) is 0 Å². The van der Waals surface area contributed by atoms with Gasteiger partial charge in [0, 0.05) is 13.2 Å². The molecule has 0 fully saturated rings. The summed E-state index contributed by atoms with van der Waals surface area (Å²) in [6.45, 7) is 3.93. The lowest BCUT2D eigenvalue weighted by Gasteiger charge is -2.04. The summed E-state index contributed by atoms with van der Waals surface area (Å²) >= 11 is -1.91. The van der Waals surface area contributed by atoms with Crippen molar-refractivity contribution >= 4 is 11.3 Å². The van der Waals surface area contributed by atoms with E-state index in [2.05, 4.69) is 11.6 Å². The van der Waals surface area contributed by atoms with E-state index >= 15 is 0 Å². The first-order valence-corrected chi connectivity index (χ1v) is 7.80. The largest absolute Gasteiger partial charge is 0.380 e. The van der Waals surface area contributed by atoms with Crippen molar-refractivity contribution in [2.24, 2.45) is 0 Å². The zero-order valence-electron chi connectivity index (χ0n) is 11.0. The summed E-state index contributed by atoms with van der Waals surface area (Å²) < 4.78 is 26.3. The van der Waals surface area contributed by atoms with Crippen molar-refractivity contribution in [1.29, 1.82) is 0 Å². The zero-order valence-corrected chi connectivity index (χ0v) is 11.8. The van der Waals surface area contributed by atoms with Crippen LogP contribution in [0.15, 0.2) is 0 Å². The number of hydrogen-bond acceptors (Lipinski definition) is 2. The van der Waals surface area contributed by atoms with Crippen LogP contribution in [0.2, 0.25) is 0 Å². The molecule has 0 saturated heterocycles. The molecule has 0 aliphatic rings. The summed E-state index contributed by atoms with van der Waals surface area (Å²) in [6, 6.07) is 0. The van der Waals surface area contributed by atoms with Crippen LogP contribution in [-0.4, -0.2) is 28.5 Å². The second-order valence-corrected chi connectivity index (χ2v) is 5.02. The number of hydrogen-bond donors (Lipinski definition) is 2. The van der Waals surface area contributed by atoms with Crippen LogP contribution >= 0.6 is 0 Å². The van der Waals surface area contributed by atoms with Crippen molar-refractivity contribution in [1.82, 2.24) is 4.72 Å². The molecule has 5 heteroatoms. The van der Waals surface area contributed by atoms with E-state index in [0.717, 1.165) is 13.0 Å². The predicted octanol–water partition coefficient (Wildman–Crippen LogP) is 2.87. The highest BCUT2D eigenvalue weighted by atomic mass is 32.2. The van der Waals surface area contributed by atoms with Crippen LogP contribution in [0.1, 0.15) is 58.3 Å². The maximum Gasteiger partial charge on any atom is 0.231 e. The molecule has 0 amide bonds. The van der Waals surface area contributed by atoms with Crippen LogP contribution in [0.3, 0.4) is 0 Å². The van der Waals surface area contributed by atoms with E-state index in [1.165, 1.54) is 44.9 Å². The normalized spacial score (nSPS) is 12.8. The third-order valence-corrected chi connectivity index (χ3v) is 3.07. The minimum atomic E-state index is -1.91. The van der Waals surface area contributed by atoms with Gasteiger partial charge in [-0.15, -0.1) is 0 Å². The smallest absolute Gasteiger partial charge is 0.231 e. The van der Waals surface area contributed by atoms with Gasteiger partial charge in [-0.1, -0.05) is 51.9 Å². The van der Waals surface area contributed by atoms with Gasteiger partial charge in [-0.25, -0.2) is 8.93 Å². The second kappa shape index (κ2) is 14.1. The maximum absolute atomic E-state index is 10.2. The highest BCUT2D eigenvalue weighted by Gasteiger charge is 1.93. The first-order chi connectivity index (χ1) is 8.27. The molecule has 0 aliphatic heterocycles. The third kappa shape index (κ3) is 16.0. The number of rotatable bonds is 13. The fourth-order valence-electron chi connectivity index (χ4n) is 1.64. The van der Waals surface area contributed by atoms with Gasteiger partial charge in [0.05, 0.1) is 6.61 Å². The van der Waals surface area contributed by atoms with Crippen molar-refractivity contribution in [2.45, 2.75) is 58.3 Å². The van der Waals surface area contributed by atoms with Crippen molar-refractivity contribution < 1.29 is 13.5 Å². The lowest BCUT2D eigenvalue weighted by atomic mass is 10.1. The molecule has 0 rings (SSSR count). The van der Waals surface area contributed by atoms with Gasteiger partial charge < -0.3 is 4.74 Å². The van der Waals surface area contributed by atoms with Crippen molar-refractivity contribution in [3.05, 3.63) is 0 Å². The third-order valence-electron chi connectivity index (χ3n) is 2.61. The predicted molar refractivity (Wildman–Crippen MR) is 72.2 cm³/mol. The molecule has 0 saturated carbocycles. The number of unbranched alkanes of at least 4 members (excludes halogenated alkanes) is 7. The van der Waals surface area contributed by atoms with Crippen LogP contribution in [0.25, 0.3) is 0 Å². The summed E-state index contributed by atoms with van der Waals surface area (Å²) in [5.41, 5.74) is 0. The molecule has 0 aromatic carbocycles. The standard InChI is InChI=1S/C12H27NO3S/c1-2-3-4-5-6-7-8-9-11-16-12-10-13-17(14)15/h13H,2-12H2,1H3,(H,14,15). The fourth-order valence-corrected chi connectivity index (χ4v) is 1.90. The molecule has 0 radical (unpaired) electrons. The van der Waals surface area contributed by atoms with E-state index < -0.39 is 11.3 Å². The Hall–Kier alpha value is 0.0300. The van der Waals surface area contributed by atoms with Crippen molar-refractivity contribution in [3.63, 3.8) is 0 Å². The molecule has 0 bridgehead atoms. The van der Waals surface area contributed by atoms with E-state index in [4.69, 9.17) is 9.29 Å². The zero-order chi connectivity index (χ0) is 12.8. The Bertz CT molecular complexity index is 179. The van der Waals surface area contributed by atoms with E-state index in [1.807, 2.05) is 0 Å². The Balaban J connectivity index is 2.91. The van der Waals surface area contributed by atoms with Crippen molar-refractivity contribution in [3.8, 4) is 0 Å². The summed E-state index contributed by atoms with van der Waals surface area (Å²) in [6.07, 6.45) is 10.4. The summed E-state index contributed by atoms with van der Waals surface area (Å²) in [5.74, 6) is 0. The summed E-state index contributed by atoms with van der Waals surface area (Å²) in [7, 11) is 0. The highest BCUT2D eigenvalue weighted by molar-refractivity contribution is 7.77. The topological polar surface area (TPSA) is 58.6 Å². The molecule has 2 N–H and O–H groups in total. The Morgan fingerprint density at radius 1 is 1.00 bits per heavy atom. The molecule has 4 nitrogen and oxygen atoms in total. The fraction of sp³-hybridized carbons (Fsp3) is 1.00. The van der Waals surface area contributed by atoms with E-state index in [-0.39, 0.29) is 0 Å². The van der Waals surface area contributed by atoms with Gasteiger partial charge in [0.2, 0.25) is 11.3 Å². The SMILES string of the molecule is CCCCCCCCCCOCCNS(=O)O. The highest BCUT2D eigenvalue weighted by Crippen LogP contribution is 2.08. The van der Waals surface area contributed by atoms with Crippen LogP contribution in [0.5, 0.6) is 0 Å². The molecule has 104 valence electrons. The second-order valence-electron chi connectivity index (χ2n) is 4.23. The lowest BCUT2D eigenvalue weighted by Crippen LogP contribution is -2.21.